The highest BCUT2D eigenvalue weighted by Gasteiger charge is 2.32. The third kappa shape index (κ3) is 5.05. The van der Waals surface area contributed by atoms with Gasteiger partial charge in [-0.25, -0.2) is 12.7 Å². The molecule has 0 saturated carbocycles. The highest BCUT2D eigenvalue weighted by Crippen LogP contribution is 2.21. The molecule has 0 atom stereocenters. The number of rotatable bonds is 6. The molecule has 134 valence electrons. The van der Waals surface area contributed by atoms with Crippen LogP contribution in [0.3, 0.4) is 0 Å². The first-order valence-electron chi connectivity index (χ1n) is 8.57. The first-order valence-corrected chi connectivity index (χ1v) is 10.2. The van der Waals surface area contributed by atoms with Crippen LogP contribution in [0.25, 0.3) is 0 Å². The van der Waals surface area contributed by atoms with Gasteiger partial charge in [-0.15, -0.1) is 0 Å². The van der Waals surface area contributed by atoms with Gasteiger partial charge in [0.05, 0.1) is 5.75 Å². The Hall–Kier alpha value is -1.40. The van der Waals surface area contributed by atoms with Crippen molar-refractivity contribution in [1.29, 1.82) is 0 Å². The smallest absolute Gasteiger partial charge is 0.223 e. The molecule has 0 spiro atoms. The number of carbonyl (C=O) groups excluding carboxylic acids is 1. The minimum Gasteiger partial charge on any atom is -0.351 e. The van der Waals surface area contributed by atoms with Gasteiger partial charge in [0.15, 0.2) is 0 Å². The van der Waals surface area contributed by atoms with Gasteiger partial charge in [-0.1, -0.05) is 30.3 Å². The van der Waals surface area contributed by atoms with Crippen LogP contribution in [0.4, 0.5) is 0 Å². The van der Waals surface area contributed by atoms with Crippen LogP contribution in [-0.4, -0.2) is 43.0 Å². The van der Waals surface area contributed by atoms with Gasteiger partial charge in [0.2, 0.25) is 15.9 Å². The van der Waals surface area contributed by atoms with Gasteiger partial charge in [-0.3, -0.25) is 4.79 Å². The summed E-state index contributed by atoms with van der Waals surface area (Å²) in [7, 11) is -3.14. The zero-order chi connectivity index (χ0) is 17.8. The quantitative estimate of drug-likeness (QED) is 0.853. The topological polar surface area (TPSA) is 66.5 Å². The monoisotopic (exact) mass is 352 g/mol. The van der Waals surface area contributed by atoms with E-state index < -0.39 is 10.0 Å². The van der Waals surface area contributed by atoms with Crippen LogP contribution in [0.15, 0.2) is 30.3 Å². The second-order valence-electron chi connectivity index (χ2n) is 7.11. The van der Waals surface area contributed by atoms with E-state index in [0.717, 1.165) is 6.42 Å². The van der Waals surface area contributed by atoms with Gasteiger partial charge >= 0.3 is 0 Å². The van der Waals surface area contributed by atoms with Gasteiger partial charge in [-0.05, 0) is 45.6 Å². The van der Waals surface area contributed by atoms with Crippen molar-refractivity contribution in [2.45, 2.75) is 45.6 Å². The van der Waals surface area contributed by atoms with Crippen molar-refractivity contribution in [3.05, 3.63) is 35.9 Å². The number of sulfonamides is 1. The Labute approximate surface area is 145 Å². The van der Waals surface area contributed by atoms with Crippen LogP contribution in [0, 0.1) is 5.92 Å². The largest absolute Gasteiger partial charge is 0.351 e. The number of carbonyl (C=O) groups is 1. The molecular formula is C18H28N2O3S. The van der Waals surface area contributed by atoms with Gasteiger partial charge in [-0.2, -0.15) is 0 Å². The number of nitrogens with one attached hydrogen (secondary N) is 1. The number of amides is 1. The van der Waals surface area contributed by atoms with Gasteiger partial charge in [0.25, 0.3) is 0 Å². The molecule has 1 heterocycles. The summed E-state index contributed by atoms with van der Waals surface area (Å²) in [6, 6.07) is 10.1. The molecule has 1 N–H and O–H groups in total. The third-order valence-electron chi connectivity index (χ3n) is 4.53. The van der Waals surface area contributed by atoms with Crippen LogP contribution < -0.4 is 5.32 Å². The third-order valence-corrected chi connectivity index (χ3v) is 6.41. The first-order chi connectivity index (χ1) is 11.2. The Bertz CT molecular complexity index is 648. The van der Waals surface area contributed by atoms with E-state index >= 15 is 0 Å². The van der Waals surface area contributed by atoms with E-state index in [9.17, 15) is 13.2 Å². The molecule has 24 heavy (non-hydrogen) atoms. The fourth-order valence-corrected chi connectivity index (χ4v) is 4.30. The van der Waals surface area contributed by atoms with E-state index in [1.54, 1.807) is 6.92 Å². The lowest BCUT2D eigenvalue weighted by molar-refractivity contribution is -0.127. The van der Waals surface area contributed by atoms with Crippen molar-refractivity contribution < 1.29 is 13.2 Å². The molecule has 2 rings (SSSR count). The summed E-state index contributed by atoms with van der Waals surface area (Å²) in [5, 5.41) is 3.14. The van der Waals surface area contributed by atoms with Crippen LogP contribution in [0.2, 0.25) is 0 Å². The molecule has 1 aliphatic rings. The maximum Gasteiger partial charge on any atom is 0.223 e. The lowest BCUT2D eigenvalue weighted by atomic mass is 9.91. The molecule has 1 aliphatic heterocycles. The molecule has 1 fully saturated rings. The molecule has 1 aromatic carbocycles. The number of nitrogens with zero attached hydrogens (tertiary/aromatic N) is 1. The molecular weight excluding hydrogens is 324 g/mol. The van der Waals surface area contributed by atoms with Gasteiger partial charge in [0.1, 0.15) is 0 Å². The van der Waals surface area contributed by atoms with E-state index in [1.807, 2.05) is 32.0 Å². The Morgan fingerprint density at radius 2 is 1.79 bits per heavy atom. The molecule has 0 radical (unpaired) electrons. The standard InChI is InChI=1S/C18H28N2O3S/c1-4-24(22,23)20-12-10-16(11-13-20)17(21)19-18(2,3)14-15-8-6-5-7-9-15/h5-9,16H,4,10-14H2,1-3H3,(H,19,21). The fraction of sp³-hybridized carbons (Fsp3) is 0.611. The Morgan fingerprint density at radius 1 is 1.21 bits per heavy atom. The average molecular weight is 353 g/mol. The number of benzene rings is 1. The highest BCUT2D eigenvalue weighted by molar-refractivity contribution is 7.89. The van der Waals surface area contributed by atoms with Crippen LogP contribution >= 0.6 is 0 Å². The zero-order valence-electron chi connectivity index (χ0n) is 14.8. The maximum atomic E-state index is 12.6. The fourth-order valence-electron chi connectivity index (χ4n) is 3.16. The maximum absolute atomic E-state index is 12.6. The van der Waals surface area contributed by atoms with Crippen LogP contribution in [0.5, 0.6) is 0 Å². The molecule has 1 saturated heterocycles. The molecule has 0 aliphatic carbocycles. The molecule has 0 aromatic heterocycles. The van der Waals surface area contributed by atoms with Crippen molar-refractivity contribution in [1.82, 2.24) is 9.62 Å². The summed E-state index contributed by atoms with van der Waals surface area (Å²) < 4.78 is 25.3. The molecule has 1 aromatic rings. The van der Waals surface area contributed by atoms with Crippen molar-refractivity contribution >= 4 is 15.9 Å². The summed E-state index contributed by atoms with van der Waals surface area (Å²) in [4.78, 5) is 12.6. The second kappa shape index (κ2) is 7.66. The van der Waals surface area contributed by atoms with E-state index in [2.05, 4.69) is 17.4 Å². The normalized spacial score (nSPS) is 17.6. The number of piperidine rings is 1. The van der Waals surface area contributed by atoms with Crippen molar-refractivity contribution in [2.24, 2.45) is 5.92 Å². The second-order valence-corrected chi connectivity index (χ2v) is 9.37. The summed E-state index contributed by atoms with van der Waals surface area (Å²) in [5.74, 6) is 0.0429. The van der Waals surface area contributed by atoms with Crippen molar-refractivity contribution in [3.63, 3.8) is 0 Å². The average Bonchev–Trinajstić information content (AvgIpc) is 2.55. The van der Waals surface area contributed by atoms with Crippen LogP contribution in [-0.2, 0) is 21.2 Å². The van der Waals surface area contributed by atoms with Gasteiger partial charge < -0.3 is 5.32 Å². The number of hydrogen-bond donors (Lipinski definition) is 1. The highest BCUT2D eigenvalue weighted by atomic mass is 32.2. The number of hydrogen-bond acceptors (Lipinski definition) is 3. The van der Waals surface area contributed by atoms with E-state index in [0.29, 0.717) is 25.9 Å². The summed E-state index contributed by atoms with van der Waals surface area (Å²) in [5.41, 5.74) is 0.858. The first kappa shape index (κ1) is 18.9. The van der Waals surface area contributed by atoms with E-state index in [1.165, 1.54) is 9.87 Å². The minimum absolute atomic E-state index is 0.0319. The van der Waals surface area contributed by atoms with Gasteiger partial charge in [0, 0.05) is 24.5 Å². The van der Waals surface area contributed by atoms with E-state index in [-0.39, 0.29) is 23.1 Å². The Kier molecular flexibility index (Phi) is 6.04. The molecule has 0 bridgehead atoms. The Morgan fingerprint density at radius 3 is 2.33 bits per heavy atom. The Balaban J connectivity index is 1.89. The zero-order valence-corrected chi connectivity index (χ0v) is 15.6. The van der Waals surface area contributed by atoms with Crippen LogP contribution in [0.1, 0.15) is 39.2 Å². The summed E-state index contributed by atoms with van der Waals surface area (Å²) in [6.45, 7) is 6.57. The molecule has 6 heteroatoms. The summed E-state index contributed by atoms with van der Waals surface area (Å²) in [6.07, 6.45) is 1.95. The minimum atomic E-state index is -3.14. The molecule has 0 unspecified atom stereocenters. The predicted octanol–water partition coefficient (Wildman–Crippen LogP) is 2.19. The van der Waals surface area contributed by atoms with E-state index in [4.69, 9.17) is 0 Å². The molecule has 1 amide bonds. The van der Waals surface area contributed by atoms with Crippen molar-refractivity contribution in [3.8, 4) is 0 Å². The lowest BCUT2D eigenvalue weighted by Gasteiger charge is -2.33. The predicted molar refractivity (Wildman–Crippen MR) is 96.1 cm³/mol. The summed E-state index contributed by atoms with van der Waals surface area (Å²) >= 11 is 0. The lowest BCUT2D eigenvalue weighted by Crippen LogP contribution is -2.50. The van der Waals surface area contributed by atoms with Crippen molar-refractivity contribution in [2.75, 3.05) is 18.8 Å². The SMILES string of the molecule is CCS(=O)(=O)N1CCC(C(=O)NC(C)(C)Cc2ccccc2)CC1. The molecule has 5 nitrogen and oxygen atoms in total.